The summed E-state index contributed by atoms with van der Waals surface area (Å²) in [4.78, 5) is 23.6. The number of methoxy groups -OCH3 is 3. The Kier molecular flexibility index (Phi) is 5.81. The van der Waals surface area contributed by atoms with Crippen molar-refractivity contribution in [2.75, 3.05) is 34.5 Å². The molecule has 1 atom stereocenters. The fourth-order valence-corrected chi connectivity index (χ4v) is 2.50. The Balaban J connectivity index is 2.49. The minimum atomic E-state index is -0.616. The van der Waals surface area contributed by atoms with Crippen molar-refractivity contribution in [3.8, 4) is 11.5 Å². The molecule has 7 nitrogen and oxygen atoms in total. The zero-order valence-electron chi connectivity index (χ0n) is 14.2. The summed E-state index contributed by atoms with van der Waals surface area (Å²) in [7, 11) is 4.59. The summed E-state index contributed by atoms with van der Waals surface area (Å²) in [6.07, 6.45) is 2.35. The molecule has 0 N–H and O–H groups in total. The summed E-state index contributed by atoms with van der Waals surface area (Å²) in [5.41, 5.74) is 1.09. The Morgan fingerprint density at radius 3 is 2.54 bits per heavy atom. The van der Waals surface area contributed by atoms with Gasteiger partial charge in [-0.1, -0.05) is 0 Å². The number of aldehydes is 1. The van der Waals surface area contributed by atoms with Crippen molar-refractivity contribution >= 4 is 23.2 Å². The minimum Gasteiger partial charge on any atom is -0.497 e. The quantitative estimate of drug-likeness (QED) is 0.418. The molecule has 1 heterocycles. The van der Waals surface area contributed by atoms with Gasteiger partial charge in [0.1, 0.15) is 24.1 Å². The second kappa shape index (κ2) is 7.83. The van der Waals surface area contributed by atoms with Gasteiger partial charge >= 0.3 is 5.97 Å². The smallest absolute Gasteiger partial charge is 0.328 e. The molecule has 0 aliphatic heterocycles. The van der Waals surface area contributed by atoms with Crippen LogP contribution in [0.5, 0.6) is 11.5 Å². The molecule has 0 saturated carbocycles. The number of hydrogen-bond donors (Lipinski definition) is 0. The Hall–Kier alpha value is -2.54. The molecule has 0 aliphatic carbocycles. The number of esters is 1. The summed E-state index contributed by atoms with van der Waals surface area (Å²) in [5.74, 6) is 0.657. The van der Waals surface area contributed by atoms with Crippen LogP contribution < -0.4 is 9.47 Å². The van der Waals surface area contributed by atoms with Gasteiger partial charge in [-0.05, 0) is 6.92 Å². The Morgan fingerprint density at radius 2 is 1.96 bits per heavy atom. The molecule has 24 heavy (non-hydrogen) atoms. The molecule has 0 bridgehead atoms. The lowest BCUT2D eigenvalue weighted by Crippen LogP contribution is -2.20. The summed E-state index contributed by atoms with van der Waals surface area (Å²) < 4.78 is 22.3. The average molecular weight is 335 g/mol. The molecule has 1 unspecified atom stereocenters. The molecule has 2 aromatic rings. The molecule has 130 valence electrons. The maximum absolute atomic E-state index is 12.2. The van der Waals surface area contributed by atoms with E-state index in [1.165, 1.54) is 21.3 Å². The Labute approximate surface area is 140 Å². The van der Waals surface area contributed by atoms with E-state index in [1.54, 1.807) is 29.8 Å². The monoisotopic (exact) mass is 335 g/mol. The van der Waals surface area contributed by atoms with Gasteiger partial charge in [0.05, 0.1) is 31.7 Å². The van der Waals surface area contributed by atoms with E-state index >= 15 is 0 Å². The van der Waals surface area contributed by atoms with Gasteiger partial charge in [0.2, 0.25) is 0 Å². The highest BCUT2D eigenvalue weighted by atomic mass is 16.6. The number of nitrogens with zero attached hydrogens (tertiary/aromatic N) is 1. The average Bonchev–Trinajstić information content (AvgIpc) is 2.98. The molecular formula is C17H21NO6. The standard InChI is InChI=1S/C17H21NO6/c1-11(17(20)24-6-5-21-2)18-9-12(10-19)16-14(18)7-13(22-3)8-15(16)23-4/h7-11H,5-6H2,1-4H3. The highest BCUT2D eigenvalue weighted by molar-refractivity contribution is 6.02. The molecule has 1 aromatic heterocycles. The van der Waals surface area contributed by atoms with Gasteiger partial charge < -0.3 is 23.5 Å². The summed E-state index contributed by atoms with van der Waals surface area (Å²) >= 11 is 0. The fourth-order valence-electron chi connectivity index (χ4n) is 2.50. The SMILES string of the molecule is COCCOC(=O)C(C)n1cc(C=O)c2c(OC)cc(OC)cc21. The maximum Gasteiger partial charge on any atom is 0.328 e. The Bertz CT molecular complexity index is 736. The van der Waals surface area contributed by atoms with E-state index in [9.17, 15) is 9.59 Å². The first kappa shape index (κ1) is 17.8. The second-order valence-electron chi connectivity index (χ2n) is 5.17. The van der Waals surface area contributed by atoms with Crippen LogP contribution in [0.25, 0.3) is 10.9 Å². The number of ether oxygens (including phenoxy) is 4. The number of carbonyl (C=O) groups is 2. The van der Waals surface area contributed by atoms with Gasteiger partial charge in [0.25, 0.3) is 0 Å². The highest BCUT2D eigenvalue weighted by Gasteiger charge is 2.22. The maximum atomic E-state index is 12.2. The van der Waals surface area contributed by atoms with Gasteiger partial charge in [-0.25, -0.2) is 4.79 Å². The van der Waals surface area contributed by atoms with Crippen molar-refractivity contribution in [1.29, 1.82) is 0 Å². The van der Waals surface area contributed by atoms with Gasteiger partial charge in [-0.3, -0.25) is 4.79 Å². The van der Waals surface area contributed by atoms with Crippen LogP contribution in [0.4, 0.5) is 0 Å². The molecule has 7 heteroatoms. The van der Waals surface area contributed by atoms with Crippen LogP contribution in [0, 0.1) is 0 Å². The lowest BCUT2D eigenvalue weighted by Gasteiger charge is -2.15. The normalized spacial score (nSPS) is 12.0. The van der Waals surface area contributed by atoms with Crippen LogP contribution in [0.3, 0.4) is 0 Å². The molecule has 0 radical (unpaired) electrons. The third-order valence-corrected chi connectivity index (χ3v) is 3.77. The first-order valence-electron chi connectivity index (χ1n) is 7.44. The van der Waals surface area contributed by atoms with Crippen LogP contribution in [-0.2, 0) is 14.3 Å². The van der Waals surface area contributed by atoms with Gasteiger partial charge in [0.15, 0.2) is 6.29 Å². The van der Waals surface area contributed by atoms with E-state index < -0.39 is 12.0 Å². The Morgan fingerprint density at radius 1 is 1.21 bits per heavy atom. The number of rotatable bonds is 8. The predicted octanol–water partition coefficient (Wildman–Crippen LogP) is 2.22. The van der Waals surface area contributed by atoms with Crippen LogP contribution >= 0.6 is 0 Å². The fraction of sp³-hybridized carbons (Fsp3) is 0.412. The molecule has 1 aromatic carbocycles. The molecule has 0 amide bonds. The number of benzene rings is 1. The first-order chi connectivity index (χ1) is 11.6. The topological polar surface area (TPSA) is 76.0 Å². The van der Waals surface area contributed by atoms with E-state index in [0.29, 0.717) is 34.6 Å². The molecule has 2 rings (SSSR count). The first-order valence-corrected chi connectivity index (χ1v) is 7.44. The number of fused-ring (bicyclic) bond motifs is 1. The number of aromatic nitrogens is 1. The van der Waals surface area contributed by atoms with E-state index in [2.05, 4.69) is 0 Å². The molecule has 0 saturated heterocycles. The van der Waals surface area contributed by atoms with Gasteiger partial charge in [-0.15, -0.1) is 0 Å². The lowest BCUT2D eigenvalue weighted by atomic mass is 10.1. The molecule has 0 fully saturated rings. The van der Waals surface area contributed by atoms with E-state index in [4.69, 9.17) is 18.9 Å². The number of carbonyl (C=O) groups excluding carboxylic acids is 2. The van der Waals surface area contributed by atoms with Crippen molar-refractivity contribution in [2.24, 2.45) is 0 Å². The summed E-state index contributed by atoms with van der Waals surface area (Å²) in [6, 6.07) is 2.83. The summed E-state index contributed by atoms with van der Waals surface area (Å²) in [6.45, 7) is 2.20. The third kappa shape index (κ3) is 3.35. The van der Waals surface area contributed by atoms with Crippen LogP contribution in [-0.4, -0.2) is 51.4 Å². The van der Waals surface area contributed by atoms with Crippen molar-refractivity contribution in [2.45, 2.75) is 13.0 Å². The highest BCUT2D eigenvalue weighted by Crippen LogP contribution is 2.36. The van der Waals surface area contributed by atoms with Crippen LogP contribution in [0.15, 0.2) is 18.3 Å². The largest absolute Gasteiger partial charge is 0.497 e. The van der Waals surface area contributed by atoms with Crippen molar-refractivity contribution in [3.63, 3.8) is 0 Å². The van der Waals surface area contributed by atoms with E-state index in [0.717, 1.165) is 6.29 Å². The second-order valence-corrected chi connectivity index (χ2v) is 5.17. The van der Waals surface area contributed by atoms with Crippen LogP contribution in [0.2, 0.25) is 0 Å². The van der Waals surface area contributed by atoms with Crippen molar-refractivity contribution < 1.29 is 28.5 Å². The van der Waals surface area contributed by atoms with Crippen molar-refractivity contribution in [1.82, 2.24) is 4.57 Å². The van der Waals surface area contributed by atoms with Gasteiger partial charge in [0, 0.05) is 31.0 Å². The summed E-state index contributed by atoms with van der Waals surface area (Å²) in [5, 5.41) is 0.629. The van der Waals surface area contributed by atoms with E-state index in [1.807, 2.05) is 0 Å². The third-order valence-electron chi connectivity index (χ3n) is 3.77. The molecule has 0 spiro atoms. The van der Waals surface area contributed by atoms with Gasteiger partial charge in [-0.2, -0.15) is 0 Å². The molecular weight excluding hydrogens is 314 g/mol. The molecule has 0 aliphatic rings. The van der Waals surface area contributed by atoms with Crippen LogP contribution in [0.1, 0.15) is 23.3 Å². The van der Waals surface area contributed by atoms with Crippen molar-refractivity contribution in [3.05, 3.63) is 23.9 Å². The lowest BCUT2D eigenvalue weighted by molar-refractivity contribution is -0.148. The zero-order valence-corrected chi connectivity index (χ0v) is 14.2. The predicted molar refractivity (Wildman–Crippen MR) is 88.0 cm³/mol. The number of hydrogen-bond acceptors (Lipinski definition) is 6. The van der Waals surface area contributed by atoms with E-state index in [-0.39, 0.29) is 6.61 Å². The zero-order chi connectivity index (χ0) is 17.7. The minimum absolute atomic E-state index is 0.173.